The van der Waals surface area contributed by atoms with Gasteiger partial charge in [0.2, 0.25) is 0 Å². The molecule has 0 saturated carbocycles. The van der Waals surface area contributed by atoms with Gasteiger partial charge >= 0.3 is 0 Å². The zero-order valence-corrected chi connectivity index (χ0v) is 6.52. The third kappa shape index (κ3) is 11.5. The second-order valence-electron chi connectivity index (χ2n) is 1.97. The maximum Gasteiger partial charge on any atom is 0.0465 e. The Bertz CT molecular complexity index is 33.9. The quantitative estimate of drug-likeness (QED) is 0.404. The average Bonchev–Trinajstić information content (AvgIpc) is 1.81. The average molecular weight is 127 g/mol. The van der Waals surface area contributed by atoms with Gasteiger partial charge in [0.1, 0.15) is 0 Å². The van der Waals surface area contributed by atoms with Crippen molar-refractivity contribution in [1.82, 2.24) is 0 Å². The highest BCUT2D eigenvalue weighted by Crippen LogP contribution is 1.87. The molecule has 0 aliphatic carbocycles. The zero-order valence-electron chi connectivity index (χ0n) is 6.52. The predicted molar refractivity (Wildman–Crippen MR) is 41.8 cm³/mol. The van der Waals surface area contributed by atoms with E-state index >= 15 is 0 Å². The van der Waals surface area contributed by atoms with Gasteiger partial charge < -0.3 is 4.74 Å². The van der Waals surface area contributed by atoms with E-state index in [0.29, 0.717) is 0 Å². The molecule has 0 fully saturated rings. The maximum absolute atomic E-state index is 5.22. The van der Waals surface area contributed by atoms with Crippen LogP contribution in [0, 0.1) is 0 Å². The summed E-state index contributed by atoms with van der Waals surface area (Å²) in [6.45, 7) is 6.19. The highest BCUT2D eigenvalue weighted by molar-refractivity contribution is 5.75. The molecule has 0 aliphatic rings. The number of hydrogen-bond donors (Lipinski definition) is 0. The Kier molecular flexibility index (Phi) is 14.3. The van der Waals surface area contributed by atoms with Crippen LogP contribution in [-0.2, 0) is 4.74 Å². The molecule has 2 heteroatoms. The number of unbranched alkanes of at least 4 members (excludes halogenated alkanes) is 1. The molecule has 0 amide bonds. The molecule has 0 N–H and O–H groups in total. The first-order chi connectivity index (χ1) is 3.91. The molecule has 0 unspecified atom stereocenters. The van der Waals surface area contributed by atoms with E-state index in [4.69, 9.17) is 4.74 Å². The molecule has 53 valence electrons. The van der Waals surface area contributed by atoms with Gasteiger partial charge in [0.15, 0.2) is 0 Å². The third-order valence-electron chi connectivity index (χ3n) is 0.991. The van der Waals surface area contributed by atoms with Crippen molar-refractivity contribution in [2.45, 2.75) is 33.1 Å². The molecule has 1 nitrogen and oxygen atoms in total. The minimum Gasteiger partial charge on any atom is -0.381 e. The minimum absolute atomic E-state index is 0. The summed E-state index contributed by atoms with van der Waals surface area (Å²) >= 11 is 0. The van der Waals surface area contributed by atoms with Gasteiger partial charge in [0.25, 0.3) is 0 Å². The van der Waals surface area contributed by atoms with Crippen LogP contribution in [0.5, 0.6) is 0 Å². The standard InChI is InChI=1S/C7H16O.B/c1-3-5-7-8-6-4-2;/h3-7H2,1-2H3;. The monoisotopic (exact) mass is 127 g/mol. The first-order valence-corrected chi connectivity index (χ1v) is 3.49. The second-order valence-corrected chi connectivity index (χ2v) is 1.97. The first-order valence-electron chi connectivity index (χ1n) is 3.49. The van der Waals surface area contributed by atoms with E-state index < -0.39 is 0 Å². The summed E-state index contributed by atoms with van der Waals surface area (Å²) in [5, 5.41) is 0. The first kappa shape index (κ1) is 11.8. The molecule has 0 bridgehead atoms. The van der Waals surface area contributed by atoms with E-state index in [9.17, 15) is 0 Å². The van der Waals surface area contributed by atoms with E-state index in [1.165, 1.54) is 12.8 Å². The fourth-order valence-electron chi connectivity index (χ4n) is 0.493. The molecule has 0 saturated heterocycles. The van der Waals surface area contributed by atoms with Crippen LogP contribution < -0.4 is 0 Å². The predicted octanol–water partition coefficient (Wildman–Crippen LogP) is 1.83. The lowest BCUT2D eigenvalue weighted by Gasteiger charge is -1.97. The topological polar surface area (TPSA) is 9.23 Å². The van der Waals surface area contributed by atoms with E-state index in [2.05, 4.69) is 13.8 Å². The van der Waals surface area contributed by atoms with E-state index in [1.54, 1.807) is 0 Å². The van der Waals surface area contributed by atoms with Crippen LogP contribution in [0.15, 0.2) is 0 Å². The van der Waals surface area contributed by atoms with Crippen LogP contribution >= 0.6 is 0 Å². The lowest BCUT2D eigenvalue weighted by Crippen LogP contribution is -1.93. The summed E-state index contributed by atoms with van der Waals surface area (Å²) < 4.78 is 5.22. The maximum atomic E-state index is 5.22. The molecule has 0 aromatic carbocycles. The second kappa shape index (κ2) is 10.9. The van der Waals surface area contributed by atoms with Gasteiger partial charge in [-0.3, -0.25) is 0 Å². The van der Waals surface area contributed by atoms with Gasteiger partial charge in [-0.05, 0) is 12.8 Å². The lowest BCUT2D eigenvalue weighted by atomic mass is 10.4. The van der Waals surface area contributed by atoms with Crippen LogP contribution in [0.4, 0.5) is 0 Å². The number of hydrogen-bond acceptors (Lipinski definition) is 1. The fourth-order valence-corrected chi connectivity index (χ4v) is 0.493. The largest absolute Gasteiger partial charge is 0.381 e. The Morgan fingerprint density at radius 2 is 1.67 bits per heavy atom. The van der Waals surface area contributed by atoms with Crippen molar-refractivity contribution in [2.75, 3.05) is 13.2 Å². The van der Waals surface area contributed by atoms with Gasteiger partial charge in [-0.2, -0.15) is 0 Å². The Hall–Kier alpha value is 0.0249. The van der Waals surface area contributed by atoms with Crippen LogP contribution in [0.25, 0.3) is 0 Å². The molecule has 0 aromatic heterocycles. The van der Waals surface area contributed by atoms with Crippen molar-refractivity contribution in [2.24, 2.45) is 0 Å². The highest BCUT2D eigenvalue weighted by Gasteiger charge is 1.81. The van der Waals surface area contributed by atoms with Gasteiger partial charge in [-0.25, -0.2) is 0 Å². The van der Waals surface area contributed by atoms with Crippen molar-refractivity contribution in [3.63, 3.8) is 0 Å². The molecule has 3 radical (unpaired) electrons. The normalized spacial score (nSPS) is 8.67. The third-order valence-corrected chi connectivity index (χ3v) is 0.991. The van der Waals surface area contributed by atoms with Crippen molar-refractivity contribution in [3.8, 4) is 0 Å². The summed E-state index contributed by atoms with van der Waals surface area (Å²) in [4.78, 5) is 0. The highest BCUT2D eigenvalue weighted by atomic mass is 16.5. The summed E-state index contributed by atoms with van der Waals surface area (Å²) in [5.41, 5.74) is 0. The van der Waals surface area contributed by atoms with E-state index in [0.717, 1.165) is 19.6 Å². The molecule has 0 atom stereocenters. The molecular weight excluding hydrogens is 111 g/mol. The Morgan fingerprint density at radius 3 is 2.11 bits per heavy atom. The molecule has 0 heterocycles. The van der Waals surface area contributed by atoms with Crippen molar-refractivity contribution in [1.29, 1.82) is 0 Å². The molecule has 9 heavy (non-hydrogen) atoms. The molecular formula is C7H16BO. The summed E-state index contributed by atoms with van der Waals surface area (Å²) in [6.07, 6.45) is 3.59. The van der Waals surface area contributed by atoms with Crippen molar-refractivity contribution < 1.29 is 4.74 Å². The summed E-state index contributed by atoms with van der Waals surface area (Å²) in [7, 11) is 0. The van der Waals surface area contributed by atoms with Crippen LogP contribution in [0.1, 0.15) is 33.1 Å². The Labute approximate surface area is 60.4 Å². The fraction of sp³-hybridized carbons (Fsp3) is 1.00. The SMILES string of the molecule is CCCCOCCC.[B]. The number of ether oxygens (including phenoxy) is 1. The lowest BCUT2D eigenvalue weighted by molar-refractivity contribution is 0.132. The molecule has 0 spiro atoms. The summed E-state index contributed by atoms with van der Waals surface area (Å²) in [5.74, 6) is 0. The van der Waals surface area contributed by atoms with Gasteiger partial charge in [-0.1, -0.05) is 20.3 Å². The molecule has 0 rings (SSSR count). The summed E-state index contributed by atoms with van der Waals surface area (Å²) in [6, 6.07) is 0. The zero-order chi connectivity index (χ0) is 6.24. The van der Waals surface area contributed by atoms with Crippen LogP contribution in [-0.4, -0.2) is 21.6 Å². The molecule has 0 aliphatic heterocycles. The van der Waals surface area contributed by atoms with E-state index in [1.807, 2.05) is 0 Å². The van der Waals surface area contributed by atoms with Crippen molar-refractivity contribution >= 4 is 8.41 Å². The van der Waals surface area contributed by atoms with Crippen LogP contribution in [0.2, 0.25) is 0 Å². The van der Waals surface area contributed by atoms with E-state index in [-0.39, 0.29) is 8.41 Å². The molecule has 0 aromatic rings. The smallest absolute Gasteiger partial charge is 0.0465 e. The van der Waals surface area contributed by atoms with Gasteiger partial charge in [0.05, 0.1) is 0 Å². The van der Waals surface area contributed by atoms with Crippen LogP contribution in [0.3, 0.4) is 0 Å². The van der Waals surface area contributed by atoms with Crippen molar-refractivity contribution in [3.05, 3.63) is 0 Å². The van der Waals surface area contributed by atoms with Gasteiger partial charge in [0, 0.05) is 21.6 Å². The number of rotatable bonds is 5. The minimum atomic E-state index is 0. The van der Waals surface area contributed by atoms with Gasteiger partial charge in [-0.15, -0.1) is 0 Å². The Balaban J connectivity index is 0. The Morgan fingerprint density at radius 1 is 1.00 bits per heavy atom.